The van der Waals surface area contributed by atoms with Gasteiger partial charge in [-0.15, -0.1) is 0 Å². The van der Waals surface area contributed by atoms with Gasteiger partial charge >= 0.3 is 12.1 Å². The monoisotopic (exact) mass is 323 g/mol. The SMILES string of the molecule is Cn1ncc(N)c1N1CCC(F)C(NC(=O)C(F)(F)F)CC1. The molecule has 22 heavy (non-hydrogen) atoms. The van der Waals surface area contributed by atoms with E-state index in [-0.39, 0.29) is 25.9 Å². The number of nitrogen functional groups attached to an aromatic ring is 1. The highest BCUT2D eigenvalue weighted by atomic mass is 19.4. The van der Waals surface area contributed by atoms with E-state index in [4.69, 9.17) is 5.73 Å². The first-order valence-corrected chi connectivity index (χ1v) is 6.74. The van der Waals surface area contributed by atoms with Crippen LogP contribution in [-0.4, -0.2) is 47.2 Å². The van der Waals surface area contributed by atoms with Crippen LogP contribution in [0.4, 0.5) is 29.1 Å². The van der Waals surface area contributed by atoms with Crippen molar-refractivity contribution in [3.05, 3.63) is 6.20 Å². The number of amides is 1. The van der Waals surface area contributed by atoms with E-state index in [1.54, 1.807) is 17.3 Å². The van der Waals surface area contributed by atoms with Crippen LogP contribution in [0.3, 0.4) is 0 Å². The van der Waals surface area contributed by atoms with Crippen molar-refractivity contribution < 1.29 is 22.4 Å². The molecule has 1 aliphatic heterocycles. The van der Waals surface area contributed by atoms with Crippen LogP contribution >= 0.6 is 0 Å². The van der Waals surface area contributed by atoms with E-state index in [1.165, 1.54) is 10.9 Å². The molecule has 1 saturated heterocycles. The molecule has 2 atom stereocenters. The number of halogens is 4. The molecule has 1 aromatic rings. The third-order valence-corrected chi connectivity index (χ3v) is 3.63. The lowest BCUT2D eigenvalue weighted by Crippen LogP contribution is -2.47. The van der Waals surface area contributed by atoms with Gasteiger partial charge in [-0.2, -0.15) is 18.3 Å². The molecule has 2 unspecified atom stereocenters. The Morgan fingerprint density at radius 1 is 1.41 bits per heavy atom. The fourth-order valence-corrected chi connectivity index (χ4v) is 2.53. The van der Waals surface area contributed by atoms with Gasteiger partial charge in [0.15, 0.2) is 0 Å². The van der Waals surface area contributed by atoms with Gasteiger partial charge < -0.3 is 16.0 Å². The summed E-state index contributed by atoms with van der Waals surface area (Å²) in [6, 6.07) is -1.17. The Bertz CT molecular complexity index is 525. The summed E-state index contributed by atoms with van der Waals surface area (Å²) in [6.07, 6.45) is -5.07. The molecular formula is C12H17F4N5O. The van der Waals surface area contributed by atoms with Crippen molar-refractivity contribution in [2.75, 3.05) is 23.7 Å². The molecule has 0 saturated carbocycles. The minimum Gasteiger partial charge on any atom is -0.394 e. The zero-order valence-electron chi connectivity index (χ0n) is 11.9. The zero-order chi connectivity index (χ0) is 16.5. The normalized spacial score (nSPS) is 23.2. The number of nitrogens with one attached hydrogen (secondary N) is 1. The summed E-state index contributed by atoms with van der Waals surface area (Å²) >= 11 is 0. The van der Waals surface area contributed by atoms with Crippen LogP contribution < -0.4 is 16.0 Å². The summed E-state index contributed by atoms with van der Waals surface area (Å²) in [6.45, 7) is 0.552. The first-order valence-electron chi connectivity index (χ1n) is 6.74. The number of nitrogens with zero attached hydrogens (tertiary/aromatic N) is 3. The molecule has 6 nitrogen and oxygen atoms in total. The van der Waals surface area contributed by atoms with E-state index in [1.807, 2.05) is 0 Å². The molecule has 0 aliphatic carbocycles. The van der Waals surface area contributed by atoms with Gasteiger partial charge in [-0.25, -0.2) is 4.39 Å². The summed E-state index contributed by atoms with van der Waals surface area (Å²) in [5, 5.41) is 5.70. The Kier molecular flexibility index (Phi) is 4.47. The first-order chi connectivity index (χ1) is 10.2. The lowest BCUT2D eigenvalue weighted by molar-refractivity contribution is -0.174. The van der Waals surface area contributed by atoms with Gasteiger partial charge in [0.25, 0.3) is 0 Å². The van der Waals surface area contributed by atoms with Crippen LogP contribution in [0.2, 0.25) is 0 Å². The molecular weight excluding hydrogens is 306 g/mol. The number of carbonyl (C=O) groups is 1. The maximum absolute atomic E-state index is 14.0. The average Bonchev–Trinajstić information content (AvgIpc) is 2.64. The molecule has 1 aliphatic rings. The largest absolute Gasteiger partial charge is 0.471 e. The number of hydrogen-bond acceptors (Lipinski definition) is 4. The van der Waals surface area contributed by atoms with Crippen LogP contribution in [0, 0.1) is 0 Å². The van der Waals surface area contributed by atoms with Gasteiger partial charge in [-0.3, -0.25) is 9.48 Å². The molecule has 3 N–H and O–H groups in total. The molecule has 0 radical (unpaired) electrons. The summed E-state index contributed by atoms with van der Waals surface area (Å²) < 4.78 is 52.3. The van der Waals surface area contributed by atoms with Gasteiger partial charge in [-0.05, 0) is 12.8 Å². The molecule has 0 bridgehead atoms. The predicted octanol–water partition coefficient (Wildman–Crippen LogP) is 0.988. The van der Waals surface area contributed by atoms with Crippen LogP contribution in [0.25, 0.3) is 0 Å². The van der Waals surface area contributed by atoms with Crippen LogP contribution in [0.5, 0.6) is 0 Å². The highest BCUT2D eigenvalue weighted by Crippen LogP contribution is 2.26. The Balaban J connectivity index is 2.06. The van der Waals surface area contributed by atoms with E-state index >= 15 is 0 Å². The average molecular weight is 323 g/mol. The third-order valence-electron chi connectivity index (χ3n) is 3.63. The number of alkyl halides is 4. The quantitative estimate of drug-likeness (QED) is 0.796. The van der Waals surface area contributed by atoms with E-state index in [0.717, 1.165) is 0 Å². The number of hydrogen-bond donors (Lipinski definition) is 2. The van der Waals surface area contributed by atoms with Crippen molar-refractivity contribution >= 4 is 17.4 Å². The molecule has 1 amide bonds. The second-order valence-electron chi connectivity index (χ2n) is 5.21. The van der Waals surface area contributed by atoms with Gasteiger partial charge in [0, 0.05) is 20.1 Å². The zero-order valence-corrected chi connectivity index (χ0v) is 11.9. The number of aryl methyl sites for hydroxylation is 1. The minimum atomic E-state index is -5.02. The molecule has 0 aromatic carbocycles. The molecule has 2 rings (SSSR count). The van der Waals surface area contributed by atoms with Gasteiger partial charge in [0.2, 0.25) is 0 Å². The van der Waals surface area contributed by atoms with Crippen molar-refractivity contribution in [1.82, 2.24) is 15.1 Å². The lowest BCUT2D eigenvalue weighted by Gasteiger charge is -2.23. The second-order valence-corrected chi connectivity index (χ2v) is 5.21. The summed E-state index contributed by atoms with van der Waals surface area (Å²) in [5.74, 6) is -1.52. The van der Waals surface area contributed by atoms with Crippen molar-refractivity contribution in [3.8, 4) is 0 Å². The van der Waals surface area contributed by atoms with E-state index in [0.29, 0.717) is 11.5 Å². The maximum atomic E-state index is 14.0. The van der Waals surface area contributed by atoms with Gasteiger partial charge in [0.1, 0.15) is 12.0 Å². The minimum absolute atomic E-state index is 0.00652. The molecule has 0 spiro atoms. The third kappa shape index (κ3) is 3.42. The number of carbonyl (C=O) groups excluding carboxylic acids is 1. The van der Waals surface area contributed by atoms with Crippen LogP contribution in [-0.2, 0) is 11.8 Å². The van der Waals surface area contributed by atoms with Crippen LogP contribution in [0.1, 0.15) is 12.8 Å². The highest BCUT2D eigenvalue weighted by molar-refractivity contribution is 5.82. The van der Waals surface area contributed by atoms with E-state index < -0.39 is 24.3 Å². The Hall–Kier alpha value is -2.00. The van der Waals surface area contributed by atoms with Crippen molar-refractivity contribution in [2.24, 2.45) is 7.05 Å². The highest BCUT2D eigenvalue weighted by Gasteiger charge is 2.41. The predicted molar refractivity (Wildman–Crippen MR) is 71.9 cm³/mol. The molecule has 10 heteroatoms. The molecule has 2 heterocycles. The fraction of sp³-hybridized carbons (Fsp3) is 0.667. The summed E-state index contributed by atoms with van der Waals surface area (Å²) in [7, 11) is 1.67. The fourth-order valence-electron chi connectivity index (χ4n) is 2.53. The number of rotatable bonds is 2. The van der Waals surface area contributed by atoms with Crippen molar-refractivity contribution in [1.29, 1.82) is 0 Å². The topological polar surface area (TPSA) is 76.2 Å². The molecule has 1 fully saturated rings. The Morgan fingerprint density at radius 3 is 2.59 bits per heavy atom. The smallest absolute Gasteiger partial charge is 0.394 e. The lowest BCUT2D eigenvalue weighted by atomic mass is 10.1. The Labute approximate surface area is 124 Å². The summed E-state index contributed by atoms with van der Waals surface area (Å²) in [4.78, 5) is 12.7. The Morgan fingerprint density at radius 2 is 2.05 bits per heavy atom. The van der Waals surface area contributed by atoms with Crippen molar-refractivity contribution in [2.45, 2.75) is 31.2 Å². The van der Waals surface area contributed by atoms with E-state index in [2.05, 4.69) is 5.10 Å². The summed E-state index contributed by atoms with van der Waals surface area (Å²) in [5.41, 5.74) is 6.21. The number of aromatic nitrogens is 2. The molecule has 124 valence electrons. The number of anilines is 2. The second kappa shape index (κ2) is 6.01. The molecule has 1 aromatic heterocycles. The standard InChI is InChI=1S/C12H17F4N5O/c1-20-10(8(17)6-18-20)21-4-2-7(13)9(3-5-21)19-11(22)12(14,15)16/h6-7,9H,2-5,17H2,1H3,(H,19,22). The van der Waals surface area contributed by atoms with Gasteiger partial charge in [0.05, 0.1) is 17.9 Å². The van der Waals surface area contributed by atoms with E-state index in [9.17, 15) is 22.4 Å². The van der Waals surface area contributed by atoms with Gasteiger partial charge in [-0.1, -0.05) is 0 Å². The number of nitrogens with two attached hydrogens (primary N) is 1. The first kappa shape index (κ1) is 16.4. The maximum Gasteiger partial charge on any atom is 0.471 e. The van der Waals surface area contributed by atoms with Crippen LogP contribution in [0.15, 0.2) is 6.20 Å². The van der Waals surface area contributed by atoms with Crippen molar-refractivity contribution in [3.63, 3.8) is 0 Å².